The molecule has 30 heavy (non-hydrogen) atoms. The molecule has 144 valence electrons. The molecule has 0 radical (unpaired) electrons. The first kappa shape index (κ1) is 12.3. The summed E-state index contributed by atoms with van der Waals surface area (Å²) in [6.45, 7) is -2.90. The van der Waals surface area contributed by atoms with Crippen LogP contribution < -0.4 is 26.0 Å². The first-order valence-electron chi connectivity index (χ1n) is 13.0. The molecule has 0 aromatic heterocycles. The summed E-state index contributed by atoms with van der Waals surface area (Å²) in [4.78, 5) is 2.12. The van der Waals surface area contributed by atoms with Gasteiger partial charge < -0.3 is 9.64 Å². The van der Waals surface area contributed by atoms with E-state index in [1.807, 2.05) is 55.5 Å². The number of benzene rings is 4. The van der Waals surface area contributed by atoms with E-state index in [4.69, 9.17) is 13.0 Å². The van der Waals surface area contributed by atoms with Gasteiger partial charge in [-0.3, -0.25) is 0 Å². The number of aryl methyl sites for hydroxylation is 3. The standard InChI is InChI=1S/C27H22BNO/c1-17-7-11-20(12-8-17)29-23-13-9-18(2)15-21(23)28-22-16-19(3)10-14-25(22)30-26-6-4-5-24(29)27(26)28/h4-16H,1-3H3/i2D3,3D3. The van der Waals surface area contributed by atoms with Gasteiger partial charge in [-0.2, -0.15) is 0 Å². The highest BCUT2D eigenvalue weighted by molar-refractivity contribution is 6.99. The molecule has 0 atom stereocenters. The van der Waals surface area contributed by atoms with Gasteiger partial charge in [0.1, 0.15) is 11.5 Å². The molecule has 2 aliphatic rings. The largest absolute Gasteiger partial charge is 0.458 e. The Morgan fingerprint density at radius 2 is 1.47 bits per heavy atom. The molecule has 2 heterocycles. The molecule has 0 aliphatic carbocycles. The molecule has 0 amide bonds. The van der Waals surface area contributed by atoms with Gasteiger partial charge in [0.05, 0.1) is 0 Å². The minimum Gasteiger partial charge on any atom is -0.458 e. The summed E-state index contributed by atoms with van der Waals surface area (Å²) in [6, 6.07) is 24.2. The van der Waals surface area contributed by atoms with Gasteiger partial charge in [-0.15, -0.1) is 0 Å². The van der Waals surface area contributed by atoms with E-state index >= 15 is 0 Å². The zero-order valence-corrected chi connectivity index (χ0v) is 16.4. The minimum absolute atomic E-state index is 0.222. The van der Waals surface area contributed by atoms with E-state index in [-0.39, 0.29) is 17.8 Å². The summed E-state index contributed by atoms with van der Waals surface area (Å²) >= 11 is 0. The number of hydrogen-bond donors (Lipinski definition) is 0. The van der Waals surface area contributed by atoms with Crippen LogP contribution in [-0.4, -0.2) is 6.71 Å². The maximum atomic E-state index is 8.03. The molecule has 0 spiro atoms. The second-order valence-electron chi connectivity index (χ2n) is 7.92. The van der Waals surface area contributed by atoms with Gasteiger partial charge in [0.2, 0.25) is 0 Å². The maximum absolute atomic E-state index is 8.03. The first-order valence-corrected chi connectivity index (χ1v) is 9.99. The number of nitrogens with zero attached hydrogens (tertiary/aromatic N) is 1. The van der Waals surface area contributed by atoms with Crippen molar-refractivity contribution in [2.45, 2.75) is 20.6 Å². The average molecular weight is 393 g/mol. The van der Waals surface area contributed by atoms with Gasteiger partial charge >= 0.3 is 0 Å². The summed E-state index contributed by atoms with van der Waals surface area (Å²) in [7, 11) is 0. The zero-order valence-electron chi connectivity index (χ0n) is 22.4. The van der Waals surface area contributed by atoms with Crippen LogP contribution in [0.2, 0.25) is 0 Å². The Kier molecular flexibility index (Phi) is 2.57. The molecule has 0 saturated carbocycles. The molecule has 0 saturated heterocycles. The lowest BCUT2D eigenvalue weighted by molar-refractivity contribution is 0.487. The highest BCUT2D eigenvalue weighted by Crippen LogP contribution is 2.40. The molecule has 0 bridgehead atoms. The highest BCUT2D eigenvalue weighted by Gasteiger charge is 2.41. The molecule has 0 fully saturated rings. The summed E-state index contributed by atoms with van der Waals surface area (Å²) in [6.07, 6.45) is 0. The van der Waals surface area contributed by atoms with Gasteiger partial charge in [-0.25, -0.2) is 0 Å². The Morgan fingerprint density at radius 1 is 0.733 bits per heavy atom. The van der Waals surface area contributed by atoms with Crippen molar-refractivity contribution >= 4 is 40.2 Å². The Morgan fingerprint density at radius 3 is 2.27 bits per heavy atom. The van der Waals surface area contributed by atoms with E-state index in [2.05, 4.69) is 4.90 Å². The van der Waals surface area contributed by atoms with Crippen LogP contribution in [0.5, 0.6) is 11.5 Å². The average Bonchev–Trinajstić information content (AvgIpc) is 2.83. The van der Waals surface area contributed by atoms with Crippen molar-refractivity contribution in [3.63, 3.8) is 0 Å². The third kappa shape index (κ3) is 2.45. The molecule has 0 N–H and O–H groups in total. The lowest BCUT2D eigenvalue weighted by Crippen LogP contribution is -2.59. The second kappa shape index (κ2) is 6.27. The van der Waals surface area contributed by atoms with E-state index < -0.39 is 13.7 Å². The zero-order chi connectivity index (χ0) is 25.4. The van der Waals surface area contributed by atoms with Gasteiger partial charge in [0.25, 0.3) is 6.71 Å². The van der Waals surface area contributed by atoms with Crippen LogP contribution >= 0.6 is 0 Å². The molecular formula is C27H22BNO. The fourth-order valence-corrected chi connectivity index (χ4v) is 4.66. The normalized spacial score (nSPS) is 17.1. The topological polar surface area (TPSA) is 12.5 Å². The van der Waals surface area contributed by atoms with E-state index in [1.165, 1.54) is 0 Å². The molecule has 2 nitrogen and oxygen atoms in total. The fraction of sp³-hybridized carbons (Fsp3) is 0.111. The van der Waals surface area contributed by atoms with Crippen LogP contribution in [0.15, 0.2) is 78.9 Å². The Balaban J connectivity index is 1.67. The number of hydrogen-bond acceptors (Lipinski definition) is 2. The summed E-state index contributed by atoms with van der Waals surface area (Å²) < 4.78 is 54.2. The summed E-state index contributed by atoms with van der Waals surface area (Å²) in [5.41, 5.74) is 6.73. The van der Waals surface area contributed by atoms with E-state index in [0.717, 1.165) is 39.0 Å². The lowest BCUT2D eigenvalue weighted by Gasteiger charge is -2.40. The van der Waals surface area contributed by atoms with Crippen LogP contribution in [0.1, 0.15) is 24.9 Å². The maximum Gasteiger partial charge on any atom is 0.256 e. The van der Waals surface area contributed by atoms with Crippen molar-refractivity contribution in [3.05, 3.63) is 95.6 Å². The molecule has 4 aromatic rings. The van der Waals surface area contributed by atoms with Crippen LogP contribution in [0.4, 0.5) is 17.1 Å². The number of rotatable bonds is 1. The molecular weight excluding hydrogens is 365 g/mol. The highest BCUT2D eigenvalue weighted by atomic mass is 16.5. The SMILES string of the molecule is [2H]C([2H])([2H])c1ccc2c(c1)B1c3cc(C([2H])([2H])[2H])ccc3N(c3ccc(C)cc3)c3cccc(c31)O2. The van der Waals surface area contributed by atoms with Crippen molar-refractivity contribution in [3.8, 4) is 11.5 Å². The monoisotopic (exact) mass is 393 g/mol. The van der Waals surface area contributed by atoms with Gasteiger partial charge in [-0.05, 0) is 73.4 Å². The van der Waals surface area contributed by atoms with Crippen molar-refractivity contribution in [1.82, 2.24) is 0 Å². The minimum atomic E-state index is -2.28. The smallest absolute Gasteiger partial charge is 0.256 e. The quantitative estimate of drug-likeness (QED) is 0.364. The predicted molar refractivity (Wildman–Crippen MR) is 127 cm³/mol. The van der Waals surface area contributed by atoms with E-state index in [9.17, 15) is 0 Å². The van der Waals surface area contributed by atoms with Crippen LogP contribution in [0.25, 0.3) is 0 Å². The second-order valence-corrected chi connectivity index (χ2v) is 7.92. The Labute approximate surface area is 186 Å². The molecule has 3 heteroatoms. The number of anilines is 3. The number of fused-ring (bicyclic) bond motifs is 4. The Hall–Kier alpha value is -3.46. The van der Waals surface area contributed by atoms with Crippen molar-refractivity contribution < 1.29 is 13.0 Å². The van der Waals surface area contributed by atoms with Crippen LogP contribution in [0, 0.1) is 20.6 Å². The molecule has 0 unspecified atom stereocenters. The van der Waals surface area contributed by atoms with Crippen molar-refractivity contribution in [2.75, 3.05) is 4.90 Å². The van der Waals surface area contributed by atoms with Crippen molar-refractivity contribution in [1.29, 1.82) is 0 Å². The van der Waals surface area contributed by atoms with Crippen molar-refractivity contribution in [2.24, 2.45) is 0 Å². The third-order valence-electron chi connectivity index (χ3n) is 5.98. The van der Waals surface area contributed by atoms with Crippen LogP contribution in [0.3, 0.4) is 0 Å². The molecule has 4 aromatic carbocycles. The van der Waals surface area contributed by atoms with Gasteiger partial charge in [0.15, 0.2) is 0 Å². The predicted octanol–water partition coefficient (Wildman–Crippen LogP) is 5.02. The van der Waals surface area contributed by atoms with E-state index in [1.54, 1.807) is 30.3 Å². The van der Waals surface area contributed by atoms with E-state index in [0.29, 0.717) is 11.5 Å². The van der Waals surface area contributed by atoms with Crippen LogP contribution in [-0.2, 0) is 0 Å². The summed E-state index contributed by atoms with van der Waals surface area (Å²) in [5, 5.41) is 0. The molecule has 6 rings (SSSR count). The third-order valence-corrected chi connectivity index (χ3v) is 5.98. The Bertz CT molecular complexity index is 1510. The van der Waals surface area contributed by atoms with Gasteiger partial charge in [-0.1, -0.05) is 59.2 Å². The first-order chi connectivity index (χ1) is 17.0. The lowest BCUT2D eigenvalue weighted by atomic mass is 9.34. The summed E-state index contributed by atoms with van der Waals surface area (Å²) in [5.74, 6) is 1.25. The fourth-order valence-electron chi connectivity index (χ4n) is 4.66. The number of ether oxygens (including phenoxy) is 1. The molecule has 2 aliphatic heterocycles. The van der Waals surface area contributed by atoms with Gasteiger partial charge in [0, 0.05) is 25.3 Å².